The Hall–Kier alpha value is -1.59. The molecule has 2 rings (SSSR count). The Kier molecular flexibility index (Phi) is 8.06. The number of rotatable bonds is 7. The Labute approximate surface area is 144 Å². The van der Waals surface area contributed by atoms with Gasteiger partial charge in [-0.25, -0.2) is 0 Å². The molecule has 0 bridgehead atoms. The number of amides is 2. The summed E-state index contributed by atoms with van der Waals surface area (Å²) in [5.41, 5.74) is 7.83. The minimum atomic E-state index is 0. The first kappa shape index (κ1) is 19.5. The van der Waals surface area contributed by atoms with Crippen LogP contribution in [0.3, 0.4) is 0 Å². The van der Waals surface area contributed by atoms with Gasteiger partial charge in [0.2, 0.25) is 11.8 Å². The van der Waals surface area contributed by atoms with Crippen molar-refractivity contribution >= 4 is 24.2 Å². The minimum absolute atomic E-state index is 0. The predicted molar refractivity (Wildman–Crippen MR) is 93.1 cm³/mol. The van der Waals surface area contributed by atoms with Crippen LogP contribution in [-0.2, 0) is 22.7 Å². The maximum absolute atomic E-state index is 11.8. The second-order valence-electron chi connectivity index (χ2n) is 5.98. The summed E-state index contributed by atoms with van der Waals surface area (Å²) in [5, 5.41) is 2.93. The number of nitrogens with two attached hydrogens (primary N) is 1. The summed E-state index contributed by atoms with van der Waals surface area (Å²) in [6.45, 7) is 3.85. The maximum Gasteiger partial charge on any atom is 0.222 e. The predicted octanol–water partition coefficient (Wildman–Crippen LogP) is 1.97. The van der Waals surface area contributed by atoms with Crippen molar-refractivity contribution in [2.75, 3.05) is 6.54 Å². The van der Waals surface area contributed by atoms with Gasteiger partial charge < -0.3 is 16.0 Å². The molecule has 2 amide bonds. The summed E-state index contributed by atoms with van der Waals surface area (Å²) >= 11 is 0. The summed E-state index contributed by atoms with van der Waals surface area (Å²) in [6, 6.07) is 7.99. The van der Waals surface area contributed by atoms with E-state index in [1.54, 1.807) is 0 Å². The molecule has 0 spiro atoms. The molecule has 1 aromatic rings. The molecule has 0 aromatic heterocycles. The van der Waals surface area contributed by atoms with Crippen LogP contribution in [0.1, 0.15) is 43.7 Å². The van der Waals surface area contributed by atoms with E-state index in [2.05, 4.69) is 5.32 Å². The van der Waals surface area contributed by atoms with Crippen LogP contribution in [0.2, 0.25) is 0 Å². The van der Waals surface area contributed by atoms with Crippen LogP contribution in [0, 0.1) is 0 Å². The van der Waals surface area contributed by atoms with Gasteiger partial charge in [0, 0.05) is 38.5 Å². The van der Waals surface area contributed by atoms with Gasteiger partial charge in [0.05, 0.1) is 0 Å². The number of benzene rings is 1. The van der Waals surface area contributed by atoms with E-state index in [4.69, 9.17) is 5.73 Å². The second-order valence-corrected chi connectivity index (χ2v) is 5.98. The minimum Gasteiger partial charge on any atom is -0.352 e. The molecule has 1 fully saturated rings. The Bertz CT molecular complexity index is 534. The summed E-state index contributed by atoms with van der Waals surface area (Å²) < 4.78 is 0. The van der Waals surface area contributed by atoms with E-state index in [0.717, 1.165) is 24.1 Å². The lowest BCUT2D eigenvalue weighted by atomic mass is 10.1. The molecule has 128 valence electrons. The third-order valence-corrected chi connectivity index (χ3v) is 3.95. The molecule has 1 heterocycles. The number of halogens is 1. The average molecular weight is 340 g/mol. The van der Waals surface area contributed by atoms with Crippen LogP contribution in [0.4, 0.5) is 0 Å². The zero-order valence-corrected chi connectivity index (χ0v) is 14.4. The SMILES string of the molecule is CC(N)CCC(=O)NCc1ccccc1CN1CCCC1=O.Cl. The van der Waals surface area contributed by atoms with Gasteiger partial charge in [-0.1, -0.05) is 24.3 Å². The standard InChI is InChI=1S/C17H25N3O2.ClH/c1-13(18)8-9-16(21)19-11-14-5-2-3-6-15(14)12-20-10-4-7-17(20)22;/h2-3,5-6,13H,4,7-12,18H2,1H3,(H,19,21);1H. The average Bonchev–Trinajstić information content (AvgIpc) is 2.89. The van der Waals surface area contributed by atoms with Gasteiger partial charge in [-0.15, -0.1) is 12.4 Å². The molecular weight excluding hydrogens is 314 g/mol. The number of likely N-dealkylation sites (tertiary alicyclic amines) is 1. The van der Waals surface area contributed by atoms with Crippen molar-refractivity contribution in [1.29, 1.82) is 0 Å². The number of carbonyl (C=O) groups is 2. The second kappa shape index (κ2) is 9.53. The summed E-state index contributed by atoms with van der Waals surface area (Å²) in [4.78, 5) is 25.4. The molecule has 1 aliphatic rings. The molecule has 1 saturated heterocycles. The van der Waals surface area contributed by atoms with Crippen molar-refractivity contribution in [3.63, 3.8) is 0 Å². The van der Waals surface area contributed by atoms with E-state index >= 15 is 0 Å². The number of carbonyl (C=O) groups excluding carboxylic acids is 2. The van der Waals surface area contributed by atoms with Crippen LogP contribution in [0.25, 0.3) is 0 Å². The zero-order valence-electron chi connectivity index (χ0n) is 13.6. The Morgan fingerprint density at radius 1 is 1.35 bits per heavy atom. The van der Waals surface area contributed by atoms with Crippen LogP contribution >= 0.6 is 12.4 Å². The van der Waals surface area contributed by atoms with Crippen LogP contribution in [0.5, 0.6) is 0 Å². The number of nitrogens with zero attached hydrogens (tertiary/aromatic N) is 1. The highest BCUT2D eigenvalue weighted by Gasteiger charge is 2.20. The van der Waals surface area contributed by atoms with Crippen molar-refractivity contribution in [3.8, 4) is 0 Å². The highest BCUT2D eigenvalue weighted by atomic mass is 35.5. The summed E-state index contributed by atoms with van der Waals surface area (Å²) in [6.07, 6.45) is 2.73. The van der Waals surface area contributed by atoms with Gasteiger partial charge in [0.15, 0.2) is 0 Å². The third kappa shape index (κ3) is 6.20. The van der Waals surface area contributed by atoms with Crippen molar-refractivity contribution < 1.29 is 9.59 Å². The van der Waals surface area contributed by atoms with Crippen molar-refractivity contribution in [1.82, 2.24) is 10.2 Å². The molecule has 23 heavy (non-hydrogen) atoms. The van der Waals surface area contributed by atoms with E-state index in [1.807, 2.05) is 36.1 Å². The fourth-order valence-corrected chi connectivity index (χ4v) is 2.60. The third-order valence-electron chi connectivity index (χ3n) is 3.95. The van der Waals surface area contributed by atoms with Crippen LogP contribution in [0.15, 0.2) is 24.3 Å². The first-order valence-electron chi connectivity index (χ1n) is 7.93. The first-order chi connectivity index (χ1) is 10.6. The van der Waals surface area contributed by atoms with Crippen LogP contribution in [-0.4, -0.2) is 29.3 Å². The monoisotopic (exact) mass is 339 g/mol. The quantitative estimate of drug-likeness (QED) is 0.797. The summed E-state index contributed by atoms with van der Waals surface area (Å²) in [7, 11) is 0. The zero-order chi connectivity index (χ0) is 15.9. The fourth-order valence-electron chi connectivity index (χ4n) is 2.60. The lowest BCUT2D eigenvalue weighted by molar-refractivity contribution is -0.128. The van der Waals surface area contributed by atoms with Gasteiger partial charge in [-0.2, -0.15) is 0 Å². The molecule has 1 unspecified atom stereocenters. The van der Waals surface area contributed by atoms with Gasteiger partial charge in [-0.05, 0) is 30.9 Å². The molecule has 1 atom stereocenters. The number of nitrogens with one attached hydrogen (secondary N) is 1. The Morgan fingerprint density at radius 2 is 2.04 bits per heavy atom. The number of hydrogen-bond donors (Lipinski definition) is 2. The number of hydrogen-bond acceptors (Lipinski definition) is 3. The molecule has 0 aliphatic carbocycles. The van der Waals surface area contributed by atoms with E-state index in [-0.39, 0.29) is 30.3 Å². The first-order valence-corrected chi connectivity index (χ1v) is 7.93. The van der Waals surface area contributed by atoms with Crippen LogP contribution < -0.4 is 11.1 Å². The van der Waals surface area contributed by atoms with E-state index in [0.29, 0.717) is 32.4 Å². The normalized spacial score (nSPS) is 15.2. The van der Waals surface area contributed by atoms with E-state index < -0.39 is 0 Å². The highest BCUT2D eigenvalue weighted by Crippen LogP contribution is 2.17. The van der Waals surface area contributed by atoms with Gasteiger partial charge in [0.1, 0.15) is 0 Å². The molecule has 3 N–H and O–H groups in total. The van der Waals surface area contributed by atoms with Crippen molar-refractivity contribution in [2.24, 2.45) is 5.73 Å². The maximum atomic E-state index is 11.8. The molecule has 0 saturated carbocycles. The van der Waals surface area contributed by atoms with Gasteiger partial charge in [0.25, 0.3) is 0 Å². The van der Waals surface area contributed by atoms with E-state index in [9.17, 15) is 9.59 Å². The molecular formula is C17H26ClN3O2. The Morgan fingerprint density at radius 3 is 2.65 bits per heavy atom. The topological polar surface area (TPSA) is 75.4 Å². The molecule has 5 nitrogen and oxygen atoms in total. The Balaban J connectivity index is 0.00000264. The lowest BCUT2D eigenvalue weighted by Gasteiger charge is -2.18. The molecule has 0 radical (unpaired) electrons. The van der Waals surface area contributed by atoms with Crippen molar-refractivity contribution in [3.05, 3.63) is 35.4 Å². The smallest absolute Gasteiger partial charge is 0.222 e. The molecule has 6 heteroatoms. The largest absolute Gasteiger partial charge is 0.352 e. The summed E-state index contributed by atoms with van der Waals surface area (Å²) in [5.74, 6) is 0.236. The van der Waals surface area contributed by atoms with Crippen molar-refractivity contribution in [2.45, 2.75) is 51.7 Å². The van der Waals surface area contributed by atoms with Gasteiger partial charge in [-0.3, -0.25) is 9.59 Å². The molecule has 1 aromatic carbocycles. The fraction of sp³-hybridized carbons (Fsp3) is 0.529. The van der Waals surface area contributed by atoms with E-state index in [1.165, 1.54) is 0 Å². The lowest BCUT2D eigenvalue weighted by Crippen LogP contribution is -2.27. The molecule has 1 aliphatic heterocycles. The highest BCUT2D eigenvalue weighted by molar-refractivity contribution is 5.85. The van der Waals surface area contributed by atoms with Gasteiger partial charge >= 0.3 is 0 Å².